The largest absolute Gasteiger partial charge is 0.507 e. The fraction of sp³-hybridized carbons (Fsp3) is 0.395. The first-order valence-electron chi connectivity index (χ1n) is 16.6. The Kier molecular flexibility index (Phi) is 11.7. The molecule has 5 aromatic rings. The van der Waals surface area contributed by atoms with E-state index in [1.54, 1.807) is 37.2 Å². The van der Waals surface area contributed by atoms with Crippen molar-refractivity contribution in [2.75, 3.05) is 13.2 Å². The molecule has 3 heterocycles. The number of hydrogen-bond donors (Lipinski definition) is 2. The molecule has 0 atom stereocenters. The highest BCUT2D eigenvalue weighted by Crippen LogP contribution is 2.39. The van der Waals surface area contributed by atoms with Crippen molar-refractivity contribution in [3.8, 4) is 17.2 Å². The van der Waals surface area contributed by atoms with Crippen LogP contribution < -0.4 is 14.9 Å². The zero-order chi connectivity index (χ0) is 34.0. The van der Waals surface area contributed by atoms with Crippen molar-refractivity contribution in [1.82, 2.24) is 19.1 Å². The molecule has 2 aromatic carbocycles. The van der Waals surface area contributed by atoms with Gasteiger partial charge in [0, 0.05) is 61.1 Å². The van der Waals surface area contributed by atoms with Gasteiger partial charge >= 0.3 is 0 Å². The van der Waals surface area contributed by atoms with E-state index in [4.69, 9.17) is 13.9 Å². The number of aromatic hydroxyl groups is 1. The molecule has 10 heteroatoms. The highest BCUT2D eigenvalue weighted by Gasteiger charge is 2.23. The summed E-state index contributed by atoms with van der Waals surface area (Å²) in [6.07, 6.45) is 19.1. The summed E-state index contributed by atoms with van der Waals surface area (Å²) in [7, 11) is 0. The highest BCUT2D eigenvalue weighted by atomic mass is 16.5. The maximum atomic E-state index is 14.3. The number of unbranched alkanes of at least 4 members (excludes halogenated alkanes) is 2. The molecule has 0 fully saturated rings. The number of allylic oxidation sites excluding steroid dienone is 4. The number of nitrogens with zero attached hydrogens (tertiary/aromatic N) is 4. The molecule has 0 spiro atoms. The number of hydrogen-bond acceptors (Lipinski definition) is 8. The number of fused-ring (bicyclic) bond motifs is 2. The molecular formula is C38H46N4O6. The maximum Gasteiger partial charge on any atom is 0.204 e. The van der Waals surface area contributed by atoms with Crippen molar-refractivity contribution in [3.63, 3.8) is 0 Å². The molecule has 0 radical (unpaired) electrons. The minimum Gasteiger partial charge on any atom is -0.507 e. The summed E-state index contributed by atoms with van der Waals surface area (Å²) < 4.78 is 22.9. The molecule has 0 aliphatic carbocycles. The van der Waals surface area contributed by atoms with E-state index >= 15 is 0 Å². The van der Waals surface area contributed by atoms with Gasteiger partial charge in [0.1, 0.15) is 33.8 Å². The molecule has 0 amide bonds. The maximum absolute atomic E-state index is 14.3. The third-order valence-corrected chi connectivity index (χ3v) is 8.32. The number of rotatable bonds is 17. The van der Waals surface area contributed by atoms with Gasteiger partial charge < -0.3 is 33.2 Å². The SMILES string of the molecule is CC(C)=CCc1c(OCCCCn2ccnc2)cc2oc3cc(OCCCCn4ccnc4)c(CO)c(CC=C(C)C)c3c(=O)c2c1O. The second-order valence-corrected chi connectivity index (χ2v) is 12.6. The van der Waals surface area contributed by atoms with Gasteiger partial charge in [-0.3, -0.25) is 4.79 Å². The van der Waals surface area contributed by atoms with E-state index in [1.807, 2.05) is 61.4 Å². The zero-order valence-corrected chi connectivity index (χ0v) is 28.4. The molecule has 0 saturated carbocycles. The Morgan fingerprint density at radius 2 is 1.29 bits per heavy atom. The van der Waals surface area contributed by atoms with Gasteiger partial charge in [-0.2, -0.15) is 0 Å². The molecule has 48 heavy (non-hydrogen) atoms. The average Bonchev–Trinajstić information content (AvgIpc) is 3.77. The van der Waals surface area contributed by atoms with Crippen molar-refractivity contribution >= 4 is 21.9 Å². The van der Waals surface area contributed by atoms with Crippen LogP contribution in [-0.2, 0) is 32.5 Å². The summed E-state index contributed by atoms with van der Waals surface area (Å²) in [5.41, 5.74) is 4.07. The van der Waals surface area contributed by atoms with Crippen LogP contribution >= 0.6 is 0 Å². The fourth-order valence-electron chi connectivity index (χ4n) is 5.72. The van der Waals surface area contributed by atoms with Crippen LogP contribution in [-0.4, -0.2) is 42.5 Å². The fourth-order valence-corrected chi connectivity index (χ4v) is 5.72. The first kappa shape index (κ1) is 34.5. The molecule has 10 nitrogen and oxygen atoms in total. The smallest absolute Gasteiger partial charge is 0.204 e. The molecule has 0 aliphatic rings. The number of phenols is 1. The normalized spacial score (nSPS) is 11.3. The van der Waals surface area contributed by atoms with E-state index < -0.39 is 0 Å². The van der Waals surface area contributed by atoms with E-state index in [-0.39, 0.29) is 28.8 Å². The lowest BCUT2D eigenvalue weighted by Gasteiger charge is -2.18. The van der Waals surface area contributed by atoms with Crippen LogP contribution in [0.2, 0.25) is 0 Å². The van der Waals surface area contributed by atoms with Gasteiger partial charge in [0.25, 0.3) is 0 Å². The lowest BCUT2D eigenvalue weighted by Crippen LogP contribution is -2.11. The van der Waals surface area contributed by atoms with Crippen LogP contribution in [0.1, 0.15) is 70.1 Å². The Morgan fingerprint density at radius 3 is 1.79 bits per heavy atom. The van der Waals surface area contributed by atoms with Crippen molar-refractivity contribution in [3.05, 3.63) is 99.8 Å². The van der Waals surface area contributed by atoms with Gasteiger partial charge in [-0.15, -0.1) is 0 Å². The van der Waals surface area contributed by atoms with E-state index in [2.05, 4.69) is 9.97 Å². The number of aliphatic hydroxyl groups is 1. The molecule has 5 rings (SSSR count). The molecule has 0 saturated heterocycles. The first-order valence-corrected chi connectivity index (χ1v) is 16.6. The third kappa shape index (κ3) is 8.36. The van der Waals surface area contributed by atoms with Gasteiger partial charge in [0.05, 0.1) is 37.9 Å². The van der Waals surface area contributed by atoms with Gasteiger partial charge in [0.2, 0.25) is 5.43 Å². The molecule has 2 N–H and O–H groups in total. The molecule has 0 unspecified atom stereocenters. The van der Waals surface area contributed by atoms with Crippen LogP contribution in [0.3, 0.4) is 0 Å². The Hall–Kier alpha value is -4.83. The van der Waals surface area contributed by atoms with Gasteiger partial charge in [-0.05, 0) is 71.8 Å². The minimum absolute atomic E-state index is 0.0997. The second-order valence-electron chi connectivity index (χ2n) is 12.6. The first-order chi connectivity index (χ1) is 23.3. The predicted molar refractivity (Wildman–Crippen MR) is 188 cm³/mol. The van der Waals surface area contributed by atoms with E-state index in [0.29, 0.717) is 65.2 Å². The molecule has 0 bridgehead atoms. The van der Waals surface area contributed by atoms with Crippen LogP contribution in [0.15, 0.2) is 82.1 Å². The Labute approximate surface area is 281 Å². The number of ether oxygens (including phenoxy) is 2. The lowest BCUT2D eigenvalue weighted by atomic mass is 9.95. The number of imidazole rings is 2. The summed E-state index contributed by atoms with van der Waals surface area (Å²) in [6, 6.07) is 3.40. The Morgan fingerprint density at radius 1 is 0.771 bits per heavy atom. The zero-order valence-electron chi connectivity index (χ0n) is 28.4. The van der Waals surface area contributed by atoms with Crippen LogP contribution in [0.4, 0.5) is 0 Å². The summed E-state index contributed by atoms with van der Waals surface area (Å²) in [5, 5.41) is 22.7. The minimum atomic E-state index is -0.354. The summed E-state index contributed by atoms with van der Waals surface area (Å²) in [4.78, 5) is 22.5. The second kappa shape index (κ2) is 16.3. The van der Waals surface area contributed by atoms with Crippen molar-refractivity contribution < 1.29 is 24.1 Å². The summed E-state index contributed by atoms with van der Waals surface area (Å²) in [6.45, 7) is 10.2. The lowest BCUT2D eigenvalue weighted by molar-refractivity contribution is 0.258. The molecule has 254 valence electrons. The van der Waals surface area contributed by atoms with E-state index in [0.717, 1.165) is 49.9 Å². The molecule has 0 aliphatic heterocycles. The third-order valence-electron chi connectivity index (χ3n) is 8.32. The van der Waals surface area contributed by atoms with Crippen LogP contribution in [0.25, 0.3) is 21.9 Å². The summed E-state index contributed by atoms with van der Waals surface area (Å²) in [5.74, 6) is 0.811. The average molecular weight is 655 g/mol. The van der Waals surface area contributed by atoms with Crippen LogP contribution in [0, 0.1) is 0 Å². The van der Waals surface area contributed by atoms with Crippen LogP contribution in [0.5, 0.6) is 17.2 Å². The standard InChI is InChI=1S/C38H46N4O6/c1-26(2)9-11-28-30(23-43)32(47-20-8-6-16-42-18-14-40-25-42)22-33-35(28)38(45)36-34(48-33)21-31(29(37(36)44)12-10-27(3)4)46-19-7-5-15-41-17-13-39-24-41/h9-10,13-14,17-18,21-22,24-25,43-44H,5-8,11-12,15-16,19-20,23H2,1-4H3. The number of aliphatic hydroxyl groups excluding tert-OH is 1. The van der Waals surface area contributed by atoms with E-state index in [9.17, 15) is 15.0 Å². The van der Waals surface area contributed by atoms with Crippen molar-refractivity contribution in [2.24, 2.45) is 0 Å². The summed E-state index contributed by atoms with van der Waals surface area (Å²) >= 11 is 0. The number of aryl methyl sites for hydroxylation is 2. The van der Waals surface area contributed by atoms with Gasteiger partial charge in [-0.25, -0.2) is 9.97 Å². The Balaban J connectivity index is 1.52. The van der Waals surface area contributed by atoms with Crippen molar-refractivity contribution in [1.29, 1.82) is 0 Å². The topological polar surface area (TPSA) is 125 Å². The predicted octanol–water partition coefficient (Wildman–Crippen LogP) is 7.27. The highest BCUT2D eigenvalue weighted by molar-refractivity contribution is 5.97. The van der Waals surface area contributed by atoms with Gasteiger partial charge in [-0.1, -0.05) is 23.3 Å². The monoisotopic (exact) mass is 654 g/mol. The molecular weight excluding hydrogens is 608 g/mol. The van der Waals surface area contributed by atoms with Gasteiger partial charge in [0.15, 0.2) is 0 Å². The quantitative estimate of drug-likeness (QED) is 0.0609. The number of phenolic OH excluding ortho intramolecular Hbond substituents is 1. The molecule has 3 aromatic heterocycles. The van der Waals surface area contributed by atoms with E-state index in [1.165, 1.54) is 0 Å². The Bertz CT molecular complexity index is 1930. The van der Waals surface area contributed by atoms with Crippen molar-refractivity contribution in [2.45, 2.75) is 85.9 Å². The number of benzene rings is 2. The number of aromatic nitrogens is 4.